The third-order valence-corrected chi connectivity index (χ3v) is 4.99. The van der Waals surface area contributed by atoms with Gasteiger partial charge in [-0.3, -0.25) is 4.79 Å². The monoisotopic (exact) mass is 377 g/mol. The Hall–Kier alpha value is -1.50. The van der Waals surface area contributed by atoms with Crippen molar-refractivity contribution < 1.29 is 0 Å². The van der Waals surface area contributed by atoms with E-state index >= 15 is 0 Å². The van der Waals surface area contributed by atoms with Gasteiger partial charge in [0, 0.05) is 10.5 Å². The first-order valence-corrected chi connectivity index (χ1v) is 8.80. The van der Waals surface area contributed by atoms with E-state index in [1.807, 2.05) is 23.6 Å². The first kappa shape index (κ1) is 15.4. The van der Waals surface area contributed by atoms with Crippen LogP contribution >= 0.6 is 27.3 Å². The SMILES string of the molecule is CC[C@H](NCc1nc2ccsc2c(=O)[nH]1)c1ccc(Br)cc1. The minimum absolute atomic E-state index is 0.0616. The Morgan fingerprint density at radius 1 is 1.32 bits per heavy atom. The smallest absolute Gasteiger partial charge is 0.268 e. The lowest BCUT2D eigenvalue weighted by Gasteiger charge is -2.17. The molecule has 0 saturated heterocycles. The number of hydrogen-bond acceptors (Lipinski definition) is 4. The van der Waals surface area contributed by atoms with Gasteiger partial charge in [0.1, 0.15) is 10.5 Å². The fraction of sp³-hybridized carbons (Fsp3) is 0.250. The van der Waals surface area contributed by atoms with Crippen molar-refractivity contribution in [3.63, 3.8) is 0 Å². The molecule has 3 aromatic rings. The van der Waals surface area contributed by atoms with Crippen molar-refractivity contribution in [1.29, 1.82) is 0 Å². The number of halogens is 1. The van der Waals surface area contributed by atoms with Gasteiger partial charge in [0.05, 0.1) is 12.1 Å². The Balaban J connectivity index is 1.76. The number of aromatic amines is 1. The average Bonchev–Trinajstić information content (AvgIpc) is 2.98. The van der Waals surface area contributed by atoms with Gasteiger partial charge in [-0.1, -0.05) is 35.0 Å². The number of thiophene rings is 1. The maximum absolute atomic E-state index is 12.0. The second-order valence-corrected chi connectivity index (χ2v) is 6.87. The van der Waals surface area contributed by atoms with E-state index in [1.54, 1.807) is 0 Å². The minimum Gasteiger partial charge on any atom is -0.308 e. The largest absolute Gasteiger partial charge is 0.308 e. The Kier molecular flexibility index (Phi) is 4.71. The third kappa shape index (κ3) is 3.29. The summed E-state index contributed by atoms with van der Waals surface area (Å²) in [5.41, 5.74) is 1.93. The van der Waals surface area contributed by atoms with E-state index in [9.17, 15) is 4.79 Å². The van der Waals surface area contributed by atoms with Crippen LogP contribution in [0, 0.1) is 0 Å². The third-order valence-electron chi connectivity index (χ3n) is 3.56. The molecule has 0 amide bonds. The lowest BCUT2D eigenvalue weighted by molar-refractivity contribution is 0.508. The van der Waals surface area contributed by atoms with Crippen molar-refractivity contribution in [2.75, 3.05) is 0 Å². The average molecular weight is 378 g/mol. The minimum atomic E-state index is -0.0616. The number of fused-ring (bicyclic) bond motifs is 1. The van der Waals surface area contributed by atoms with E-state index < -0.39 is 0 Å². The van der Waals surface area contributed by atoms with Gasteiger partial charge in [-0.05, 0) is 35.6 Å². The van der Waals surface area contributed by atoms with Crippen molar-refractivity contribution in [2.24, 2.45) is 0 Å². The molecule has 0 unspecified atom stereocenters. The van der Waals surface area contributed by atoms with Gasteiger partial charge < -0.3 is 10.3 Å². The molecule has 0 bridgehead atoms. The Bertz CT molecular complexity index is 825. The maximum atomic E-state index is 12.0. The van der Waals surface area contributed by atoms with Crippen LogP contribution in [0.3, 0.4) is 0 Å². The highest BCUT2D eigenvalue weighted by molar-refractivity contribution is 9.10. The molecule has 2 N–H and O–H groups in total. The van der Waals surface area contributed by atoms with Crippen LogP contribution in [0.1, 0.15) is 30.8 Å². The van der Waals surface area contributed by atoms with Gasteiger partial charge >= 0.3 is 0 Å². The van der Waals surface area contributed by atoms with Gasteiger partial charge in [-0.15, -0.1) is 11.3 Å². The summed E-state index contributed by atoms with van der Waals surface area (Å²) in [5.74, 6) is 0.673. The molecular weight excluding hydrogens is 362 g/mol. The molecule has 0 aliphatic carbocycles. The van der Waals surface area contributed by atoms with Gasteiger partial charge in [0.25, 0.3) is 5.56 Å². The summed E-state index contributed by atoms with van der Waals surface area (Å²) in [4.78, 5) is 19.3. The second-order valence-electron chi connectivity index (χ2n) is 5.04. The molecule has 1 atom stereocenters. The molecule has 0 aliphatic heterocycles. The van der Waals surface area contributed by atoms with E-state index in [1.165, 1.54) is 16.9 Å². The van der Waals surface area contributed by atoms with Gasteiger partial charge in [0.15, 0.2) is 0 Å². The predicted molar refractivity (Wildman–Crippen MR) is 94.3 cm³/mol. The number of rotatable bonds is 5. The molecule has 114 valence electrons. The van der Waals surface area contributed by atoms with Crippen LogP contribution in [-0.4, -0.2) is 9.97 Å². The maximum Gasteiger partial charge on any atom is 0.268 e. The number of nitrogens with one attached hydrogen (secondary N) is 2. The van der Waals surface area contributed by atoms with Crippen LogP contribution in [0.25, 0.3) is 10.2 Å². The van der Waals surface area contributed by atoms with E-state index in [0.29, 0.717) is 17.1 Å². The van der Waals surface area contributed by atoms with E-state index in [4.69, 9.17) is 0 Å². The van der Waals surface area contributed by atoms with Crippen molar-refractivity contribution in [3.05, 3.63) is 61.9 Å². The molecule has 0 fully saturated rings. The molecule has 22 heavy (non-hydrogen) atoms. The highest BCUT2D eigenvalue weighted by Crippen LogP contribution is 2.20. The summed E-state index contributed by atoms with van der Waals surface area (Å²) in [5, 5.41) is 5.35. The van der Waals surface area contributed by atoms with E-state index in [0.717, 1.165) is 16.4 Å². The van der Waals surface area contributed by atoms with Crippen LogP contribution in [0.5, 0.6) is 0 Å². The number of nitrogens with zero attached hydrogens (tertiary/aromatic N) is 1. The Morgan fingerprint density at radius 2 is 2.09 bits per heavy atom. The van der Waals surface area contributed by atoms with Crippen molar-refractivity contribution in [2.45, 2.75) is 25.9 Å². The Morgan fingerprint density at radius 3 is 2.82 bits per heavy atom. The molecular formula is C16H16BrN3OS. The quantitative estimate of drug-likeness (QED) is 0.706. The molecule has 6 heteroatoms. The highest BCUT2D eigenvalue weighted by Gasteiger charge is 2.10. The standard InChI is InChI=1S/C16H16BrN3OS/c1-2-12(10-3-5-11(17)6-4-10)18-9-14-19-13-7-8-22-15(13)16(21)20-14/h3-8,12,18H,2,9H2,1H3,(H,19,20,21)/t12-/m0/s1. The summed E-state index contributed by atoms with van der Waals surface area (Å²) < 4.78 is 1.75. The number of H-pyrrole nitrogens is 1. The van der Waals surface area contributed by atoms with Gasteiger partial charge in [-0.25, -0.2) is 4.98 Å². The van der Waals surface area contributed by atoms with Crippen molar-refractivity contribution in [1.82, 2.24) is 15.3 Å². The topological polar surface area (TPSA) is 57.8 Å². The first-order valence-electron chi connectivity index (χ1n) is 7.12. The van der Waals surface area contributed by atoms with Crippen LogP contribution < -0.4 is 10.9 Å². The second kappa shape index (κ2) is 6.73. The summed E-state index contributed by atoms with van der Waals surface area (Å²) >= 11 is 4.87. The van der Waals surface area contributed by atoms with Crippen LogP contribution in [0.4, 0.5) is 0 Å². The summed E-state index contributed by atoms with van der Waals surface area (Å²) in [6, 6.07) is 10.4. The molecule has 0 saturated carbocycles. The van der Waals surface area contributed by atoms with Gasteiger partial charge in [0.2, 0.25) is 0 Å². The normalized spacial score (nSPS) is 12.6. The summed E-state index contributed by atoms with van der Waals surface area (Å²) in [6.45, 7) is 2.67. The molecule has 0 radical (unpaired) electrons. The van der Waals surface area contributed by atoms with E-state index in [2.05, 4.69) is 50.3 Å². The van der Waals surface area contributed by atoms with E-state index in [-0.39, 0.29) is 11.6 Å². The molecule has 0 aliphatic rings. The fourth-order valence-corrected chi connectivity index (χ4v) is 3.41. The number of benzene rings is 1. The van der Waals surface area contributed by atoms with Crippen LogP contribution in [0.15, 0.2) is 45.0 Å². The highest BCUT2D eigenvalue weighted by atomic mass is 79.9. The molecule has 3 rings (SSSR count). The van der Waals surface area contributed by atoms with Crippen LogP contribution in [0.2, 0.25) is 0 Å². The summed E-state index contributed by atoms with van der Waals surface area (Å²) in [6.07, 6.45) is 0.965. The number of hydrogen-bond donors (Lipinski definition) is 2. The van der Waals surface area contributed by atoms with Crippen LogP contribution in [-0.2, 0) is 6.54 Å². The molecule has 0 spiro atoms. The van der Waals surface area contributed by atoms with Gasteiger partial charge in [-0.2, -0.15) is 0 Å². The Labute approximate surface area is 140 Å². The molecule has 1 aromatic carbocycles. The fourth-order valence-electron chi connectivity index (χ4n) is 2.42. The molecule has 2 aromatic heterocycles. The first-order chi connectivity index (χ1) is 10.7. The molecule has 4 nitrogen and oxygen atoms in total. The molecule has 2 heterocycles. The zero-order valence-corrected chi connectivity index (χ0v) is 14.5. The number of aromatic nitrogens is 2. The van der Waals surface area contributed by atoms with Crippen molar-refractivity contribution in [3.8, 4) is 0 Å². The lowest BCUT2D eigenvalue weighted by Crippen LogP contribution is -2.23. The zero-order chi connectivity index (χ0) is 15.5. The summed E-state index contributed by atoms with van der Waals surface area (Å²) in [7, 11) is 0. The predicted octanol–water partition coefficient (Wildman–Crippen LogP) is 3.99. The lowest BCUT2D eigenvalue weighted by atomic mass is 10.0. The zero-order valence-electron chi connectivity index (χ0n) is 12.1. The van der Waals surface area contributed by atoms with Crippen molar-refractivity contribution >= 4 is 37.5 Å².